The van der Waals surface area contributed by atoms with Crippen LogP contribution in [0.5, 0.6) is 0 Å². The maximum absolute atomic E-state index is 5.23. The van der Waals surface area contributed by atoms with Gasteiger partial charge in [0.05, 0.1) is 24.2 Å². The minimum atomic E-state index is 0.339. The molecule has 0 unspecified atom stereocenters. The van der Waals surface area contributed by atoms with Crippen molar-refractivity contribution in [1.29, 1.82) is 0 Å². The molecule has 0 atom stereocenters. The molecule has 0 aliphatic carbocycles. The first kappa shape index (κ1) is 17.9. The first-order chi connectivity index (χ1) is 10.0. The Morgan fingerprint density at radius 1 is 1.29 bits per heavy atom. The zero-order chi connectivity index (χ0) is 15.8. The summed E-state index contributed by atoms with van der Waals surface area (Å²) in [7, 11) is 1.73. The van der Waals surface area contributed by atoms with Gasteiger partial charge in [-0.05, 0) is 20.4 Å². The van der Waals surface area contributed by atoms with E-state index in [0.717, 1.165) is 36.8 Å². The second-order valence-corrected chi connectivity index (χ2v) is 5.78. The Hall–Kier alpha value is -1.20. The van der Waals surface area contributed by atoms with E-state index in [2.05, 4.69) is 49.8 Å². The van der Waals surface area contributed by atoms with E-state index in [1.54, 1.807) is 7.11 Å². The summed E-state index contributed by atoms with van der Waals surface area (Å²) in [5, 5.41) is 3.37. The third-order valence-corrected chi connectivity index (χ3v) is 3.39. The van der Waals surface area contributed by atoms with Gasteiger partial charge < -0.3 is 15.0 Å². The molecule has 1 aromatic heterocycles. The Labute approximate surface area is 129 Å². The van der Waals surface area contributed by atoms with Crippen LogP contribution in [-0.2, 0) is 11.3 Å². The van der Waals surface area contributed by atoms with Gasteiger partial charge in [0.15, 0.2) is 0 Å². The van der Waals surface area contributed by atoms with Crippen molar-refractivity contribution in [2.75, 3.05) is 31.7 Å². The van der Waals surface area contributed by atoms with E-state index in [4.69, 9.17) is 9.72 Å². The normalized spacial score (nSPS) is 11.4. The van der Waals surface area contributed by atoms with Crippen LogP contribution in [0, 0.1) is 0 Å². The largest absolute Gasteiger partial charge is 0.383 e. The molecule has 5 heteroatoms. The van der Waals surface area contributed by atoms with Gasteiger partial charge in [-0.25, -0.2) is 9.97 Å². The third kappa shape index (κ3) is 5.25. The predicted molar refractivity (Wildman–Crippen MR) is 87.9 cm³/mol. The highest BCUT2D eigenvalue weighted by atomic mass is 16.5. The van der Waals surface area contributed by atoms with Crippen LogP contribution in [0.2, 0.25) is 0 Å². The topological polar surface area (TPSA) is 50.3 Å². The summed E-state index contributed by atoms with van der Waals surface area (Å²) in [6.07, 6.45) is 1.96. The fourth-order valence-corrected chi connectivity index (χ4v) is 2.16. The second-order valence-electron chi connectivity index (χ2n) is 5.78. The van der Waals surface area contributed by atoms with Crippen LogP contribution >= 0.6 is 0 Å². The molecular weight excluding hydrogens is 264 g/mol. The monoisotopic (exact) mass is 294 g/mol. The number of ether oxygens (including phenoxy) is 1. The van der Waals surface area contributed by atoms with E-state index in [9.17, 15) is 0 Å². The smallest absolute Gasteiger partial charge is 0.131 e. The lowest BCUT2D eigenvalue weighted by Gasteiger charge is -2.30. The first-order valence-electron chi connectivity index (χ1n) is 7.83. The minimum Gasteiger partial charge on any atom is -0.383 e. The van der Waals surface area contributed by atoms with Crippen molar-refractivity contribution in [2.45, 2.75) is 53.1 Å². The molecule has 1 heterocycles. The van der Waals surface area contributed by atoms with Gasteiger partial charge in [-0.2, -0.15) is 0 Å². The average molecular weight is 294 g/mol. The van der Waals surface area contributed by atoms with Gasteiger partial charge in [-0.15, -0.1) is 0 Å². The second kappa shape index (κ2) is 8.95. The Morgan fingerprint density at radius 2 is 2.00 bits per heavy atom. The number of rotatable bonds is 9. The maximum Gasteiger partial charge on any atom is 0.131 e. The molecule has 0 spiro atoms. The standard InChI is InChI=1S/C16H30N4O/c1-7-17-10-14-15(11-18-16(19-14)12(2)3)20(13(4)5)8-9-21-6/h11-13,17H,7-10H2,1-6H3. The zero-order valence-electron chi connectivity index (χ0n) is 14.3. The summed E-state index contributed by atoms with van der Waals surface area (Å²) in [4.78, 5) is 11.6. The van der Waals surface area contributed by atoms with E-state index in [1.807, 2.05) is 6.20 Å². The van der Waals surface area contributed by atoms with Crippen LogP contribution in [0.25, 0.3) is 0 Å². The van der Waals surface area contributed by atoms with Crippen LogP contribution < -0.4 is 10.2 Å². The Bertz CT molecular complexity index is 421. The quantitative estimate of drug-likeness (QED) is 0.758. The van der Waals surface area contributed by atoms with Crippen molar-refractivity contribution in [3.8, 4) is 0 Å². The van der Waals surface area contributed by atoms with Gasteiger partial charge in [0, 0.05) is 32.2 Å². The fourth-order valence-electron chi connectivity index (χ4n) is 2.16. The summed E-state index contributed by atoms with van der Waals surface area (Å²) in [6.45, 7) is 14.0. The van der Waals surface area contributed by atoms with Gasteiger partial charge in [0.1, 0.15) is 5.82 Å². The van der Waals surface area contributed by atoms with Crippen molar-refractivity contribution >= 4 is 5.69 Å². The molecule has 0 amide bonds. The van der Waals surface area contributed by atoms with Gasteiger partial charge in [0.2, 0.25) is 0 Å². The predicted octanol–water partition coefficient (Wildman–Crippen LogP) is 2.57. The van der Waals surface area contributed by atoms with Crippen molar-refractivity contribution in [1.82, 2.24) is 15.3 Å². The number of nitrogens with zero attached hydrogens (tertiary/aromatic N) is 3. The Morgan fingerprint density at radius 3 is 2.52 bits per heavy atom. The van der Waals surface area contributed by atoms with E-state index in [0.29, 0.717) is 18.6 Å². The molecule has 0 fully saturated rings. The molecular formula is C16H30N4O. The molecule has 21 heavy (non-hydrogen) atoms. The number of anilines is 1. The molecule has 1 rings (SSSR count). The third-order valence-electron chi connectivity index (χ3n) is 3.39. The van der Waals surface area contributed by atoms with E-state index in [-0.39, 0.29) is 0 Å². The SMILES string of the molecule is CCNCc1nc(C(C)C)ncc1N(CCOC)C(C)C. The van der Waals surface area contributed by atoms with Gasteiger partial charge in [-0.1, -0.05) is 20.8 Å². The number of hydrogen-bond donors (Lipinski definition) is 1. The highest BCUT2D eigenvalue weighted by molar-refractivity contribution is 5.50. The molecule has 0 aromatic carbocycles. The molecule has 120 valence electrons. The highest BCUT2D eigenvalue weighted by Crippen LogP contribution is 2.22. The van der Waals surface area contributed by atoms with Crippen LogP contribution in [0.15, 0.2) is 6.20 Å². The molecule has 0 aliphatic heterocycles. The summed E-state index contributed by atoms with van der Waals surface area (Å²) in [5.74, 6) is 1.24. The molecule has 0 radical (unpaired) electrons. The first-order valence-corrected chi connectivity index (χ1v) is 7.83. The number of methoxy groups -OCH3 is 1. The molecule has 0 saturated heterocycles. The molecule has 1 aromatic rings. The van der Waals surface area contributed by atoms with Gasteiger partial charge >= 0.3 is 0 Å². The molecule has 0 aliphatic rings. The van der Waals surface area contributed by atoms with E-state index in [1.165, 1.54) is 0 Å². The minimum absolute atomic E-state index is 0.339. The lowest BCUT2D eigenvalue weighted by Crippen LogP contribution is -2.35. The maximum atomic E-state index is 5.23. The number of aromatic nitrogens is 2. The Balaban J connectivity index is 3.10. The van der Waals surface area contributed by atoms with E-state index < -0.39 is 0 Å². The summed E-state index contributed by atoms with van der Waals surface area (Å²) in [5.41, 5.74) is 2.17. The fraction of sp³-hybridized carbons (Fsp3) is 0.750. The van der Waals surface area contributed by atoms with Crippen molar-refractivity contribution in [2.24, 2.45) is 0 Å². The average Bonchev–Trinajstić information content (AvgIpc) is 2.45. The highest BCUT2D eigenvalue weighted by Gasteiger charge is 2.17. The number of nitrogens with one attached hydrogen (secondary N) is 1. The molecule has 1 N–H and O–H groups in total. The van der Waals surface area contributed by atoms with Crippen LogP contribution in [0.3, 0.4) is 0 Å². The lowest BCUT2D eigenvalue weighted by atomic mass is 10.2. The summed E-state index contributed by atoms with van der Waals surface area (Å²) in [6, 6.07) is 0.383. The zero-order valence-corrected chi connectivity index (χ0v) is 14.3. The summed E-state index contributed by atoms with van der Waals surface area (Å²) >= 11 is 0. The Kier molecular flexibility index (Phi) is 7.61. The van der Waals surface area contributed by atoms with E-state index >= 15 is 0 Å². The van der Waals surface area contributed by atoms with Crippen molar-refractivity contribution in [3.05, 3.63) is 17.7 Å². The lowest BCUT2D eigenvalue weighted by molar-refractivity contribution is 0.203. The molecule has 5 nitrogen and oxygen atoms in total. The van der Waals surface area contributed by atoms with Crippen LogP contribution in [0.1, 0.15) is 52.1 Å². The summed E-state index contributed by atoms with van der Waals surface area (Å²) < 4.78 is 5.23. The molecule has 0 bridgehead atoms. The molecule has 0 saturated carbocycles. The van der Waals surface area contributed by atoms with Gasteiger partial charge in [0.25, 0.3) is 0 Å². The van der Waals surface area contributed by atoms with Crippen molar-refractivity contribution < 1.29 is 4.74 Å². The van der Waals surface area contributed by atoms with Crippen LogP contribution in [-0.4, -0.2) is 42.8 Å². The number of hydrogen-bond acceptors (Lipinski definition) is 5. The van der Waals surface area contributed by atoms with Gasteiger partial charge in [-0.3, -0.25) is 0 Å². The van der Waals surface area contributed by atoms with Crippen molar-refractivity contribution in [3.63, 3.8) is 0 Å². The van der Waals surface area contributed by atoms with Crippen LogP contribution in [0.4, 0.5) is 5.69 Å².